The summed E-state index contributed by atoms with van der Waals surface area (Å²) in [6.07, 6.45) is 5.13. The second kappa shape index (κ2) is 11.3. The number of halogens is 6. The monoisotopic (exact) mass is 616 g/mol. The van der Waals surface area contributed by atoms with E-state index in [1.807, 2.05) is 0 Å². The van der Waals surface area contributed by atoms with Crippen molar-refractivity contribution < 1.29 is 46.8 Å². The Bertz CT molecular complexity index is 1630. The zero-order chi connectivity index (χ0) is 32.1. The average molecular weight is 617 g/mol. The van der Waals surface area contributed by atoms with Crippen LogP contribution in [0.3, 0.4) is 0 Å². The van der Waals surface area contributed by atoms with E-state index in [-0.39, 0.29) is 5.41 Å². The summed E-state index contributed by atoms with van der Waals surface area (Å²) < 4.78 is 82.4. The van der Waals surface area contributed by atoms with Crippen LogP contribution in [0.25, 0.3) is 0 Å². The second-order valence-corrected chi connectivity index (χ2v) is 12.0. The molecule has 0 heterocycles. The van der Waals surface area contributed by atoms with Gasteiger partial charge in [-0.1, -0.05) is 50.6 Å². The SMILES string of the molecule is CC(C)(c1ccc(O)c(F)c1F)c1c(F)c(F)c(O)c(F)c1F.Oc1ccc(C2(c3ccc(O)cc3)CC3CCC2C3)cc1. The third-order valence-corrected chi connectivity index (χ3v) is 9.21. The first-order chi connectivity index (χ1) is 20.7. The van der Waals surface area contributed by atoms with Crippen molar-refractivity contribution >= 4 is 0 Å². The van der Waals surface area contributed by atoms with Crippen molar-refractivity contribution in [1.29, 1.82) is 0 Å². The Morgan fingerprint density at radius 3 is 1.55 bits per heavy atom. The Kier molecular flexibility index (Phi) is 7.99. The second-order valence-electron chi connectivity index (χ2n) is 12.0. The lowest BCUT2D eigenvalue weighted by Crippen LogP contribution is -2.33. The predicted molar refractivity (Wildman–Crippen MR) is 151 cm³/mol. The van der Waals surface area contributed by atoms with Crippen LogP contribution in [0.5, 0.6) is 23.0 Å². The summed E-state index contributed by atoms with van der Waals surface area (Å²) in [6, 6.07) is 17.0. The van der Waals surface area contributed by atoms with Gasteiger partial charge < -0.3 is 20.4 Å². The van der Waals surface area contributed by atoms with E-state index in [9.17, 15) is 36.6 Å². The molecule has 0 spiro atoms. The fourth-order valence-corrected chi connectivity index (χ4v) is 7.05. The van der Waals surface area contributed by atoms with E-state index in [2.05, 4.69) is 24.3 Å². The van der Waals surface area contributed by atoms with Crippen LogP contribution >= 0.6 is 0 Å². The van der Waals surface area contributed by atoms with E-state index in [4.69, 9.17) is 10.2 Å². The van der Waals surface area contributed by atoms with Gasteiger partial charge in [-0.15, -0.1) is 0 Å². The predicted octanol–water partition coefficient (Wildman–Crippen LogP) is 8.46. The third kappa shape index (κ3) is 5.00. The summed E-state index contributed by atoms with van der Waals surface area (Å²) in [4.78, 5) is 0. The number of phenols is 4. The van der Waals surface area contributed by atoms with Crippen LogP contribution in [0.15, 0.2) is 60.7 Å². The molecule has 2 bridgehead atoms. The third-order valence-electron chi connectivity index (χ3n) is 9.21. The van der Waals surface area contributed by atoms with Gasteiger partial charge in [-0.2, -0.15) is 13.2 Å². The first-order valence-electron chi connectivity index (χ1n) is 14.0. The highest BCUT2D eigenvalue weighted by Crippen LogP contribution is 2.60. The van der Waals surface area contributed by atoms with Crippen LogP contribution in [-0.4, -0.2) is 20.4 Å². The molecule has 4 aromatic rings. The summed E-state index contributed by atoms with van der Waals surface area (Å²) >= 11 is 0. The average Bonchev–Trinajstić information content (AvgIpc) is 3.61. The molecule has 2 saturated carbocycles. The molecule has 4 nitrogen and oxygen atoms in total. The highest BCUT2D eigenvalue weighted by atomic mass is 19.2. The fraction of sp³-hybridized carbons (Fsp3) is 0.294. The number of benzene rings is 4. The van der Waals surface area contributed by atoms with Gasteiger partial charge in [0.1, 0.15) is 11.5 Å². The maximum Gasteiger partial charge on any atom is 0.204 e. The number of hydrogen-bond acceptors (Lipinski definition) is 4. The van der Waals surface area contributed by atoms with Gasteiger partial charge >= 0.3 is 0 Å². The number of rotatable bonds is 4. The molecule has 0 aromatic heterocycles. The van der Waals surface area contributed by atoms with Gasteiger partial charge in [0.15, 0.2) is 29.0 Å². The van der Waals surface area contributed by atoms with E-state index >= 15 is 0 Å². The summed E-state index contributed by atoms with van der Waals surface area (Å²) in [5.41, 5.74) is -1.26. The van der Waals surface area contributed by atoms with Gasteiger partial charge in [0, 0.05) is 22.0 Å². The standard InChI is InChI=1S/C19H20O2.C15H10F6O2/c20-17-7-3-14(4-8-17)19(12-13-1-2-16(19)11-13)15-5-9-18(21)10-6-15;1-15(2,5-3-4-6(22)9(17)8(5)16)7-10(18)12(20)14(23)13(21)11(7)19/h3-10,13,16,20-21H,1-2,11-12H2;3-4,22-23H,1-2H3. The minimum absolute atomic E-state index is 0.0598. The van der Waals surface area contributed by atoms with E-state index in [1.165, 1.54) is 36.8 Å². The molecule has 4 aromatic carbocycles. The zero-order valence-corrected chi connectivity index (χ0v) is 23.8. The van der Waals surface area contributed by atoms with Crippen LogP contribution < -0.4 is 0 Å². The maximum atomic E-state index is 14.0. The number of phenolic OH excluding ortho intramolecular Hbond substituents is 4. The molecule has 0 amide bonds. The first-order valence-corrected chi connectivity index (χ1v) is 14.0. The Morgan fingerprint density at radius 1 is 0.614 bits per heavy atom. The minimum atomic E-state index is -2.05. The van der Waals surface area contributed by atoms with E-state index in [0.29, 0.717) is 17.4 Å². The number of aromatic hydroxyl groups is 4. The number of fused-ring (bicyclic) bond motifs is 2. The topological polar surface area (TPSA) is 80.9 Å². The summed E-state index contributed by atoms with van der Waals surface area (Å²) in [6.45, 7) is 2.00. The molecule has 2 fully saturated rings. The molecule has 0 radical (unpaired) electrons. The van der Waals surface area contributed by atoms with Gasteiger partial charge in [0.2, 0.25) is 17.5 Å². The molecule has 10 heteroatoms. The lowest BCUT2D eigenvalue weighted by molar-refractivity contribution is 0.319. The van der Waals surface area contributed by atoms with Crippen molar-refractivity contribution in [3.8, 4) is 23.0 Å². The van der Waals surface area contributed by atoms with Gasteiger partial charge in [0.25, 0.3) is 0 Å². The van der Waals surface area contributed by atoms with E-state index in [0.717, 1.165) is 31.9 Å². The normalized spacial score (nSPS) is 18.6. The van der Waals surface area contributed by atoms with Crippen molar-refractivity contribution in [2.45, 2.75) is 50.4 Å². The Balaban J connectivity index is 0.000000175. The maximum absolute atomic E-state index is 14.0. The highest BCUT2D eigenvalue weighted by molar-refractivity contribution is 5.47. The molecular weight excluding hydrogens is 586 g/mol. The molecule has 2 aliphatic carbocycles. The highest BCUT2D eigenvalue weighted by Gasteiger charge is 2.52. The lowest BCUT2D eigenvalue weighted by Gasteiger charge is -2.39. The molecule has 2 aliphatic rings. The fourth-order valence-electron chi connectivity index (χ4n) is 7.05. The lowest BCUT2D eigenvalue weighted by atomic mass is 9.64. The molecule has 2 unspecified atom stereocenters. The van der Waals surface area contributed by atoms with Crippen LogP contribution in [0, 0.1) is 46.7 Å². The molecular formula is C34H30F6O4. The van der Waals surface area contributed by atoms with Crippen molar-refractivity contribution in [3.05, 3.63) is 118 Å². The van der Waals surface area contributed by atoms with Gasteiger partial charge in [-0.25, -0.2) is 13.2 Å². The van der Waals surface area contributed by atoms with Crippen molar-refractivity contribution in [3.63, 3.8) is 0 Å². The molecule has 0 aliphatic heterocycles. The minimum Gasteiger partial charge on any atom is -0.508 e. The van der Waals surface area contributed by atoms with Crippen LogP contribution in [0.2, 0.25) is 0 Å². The largest absolute Gasteiger partial charge is 0.508 e. The molecule has 0 saturated heterocycles. The van der Waals surface area contributed by atoms with Crippen molar-refractivity contribution in [1.82, 2.24) is 0 Å². The van der Waals surface area contributed by atoms with E-state index in [1.54, 1.807) is 24.3 Å². The smallest absolute Gasteiger partial charge is 0.204 e. The molecule has 232 valence electrons. The van der Waals surface area contributed by atoms with Crippen LogP contribution in [0.4, 0.5) is 26.3 Å². The molecule has 44 heavy (non-hydrogen) atoms. The Morgan fingerprint density at radius 2 is 1.11 bits per heavy atom. The zero-order valence-electron chi connectivity index (χ0n) is 23.8. The number of hydrogen-bond donors (Lipinski definition) is 4. The van der Waals surface area contributed by atoms with Crippen LogP contribution in [-0.2, 0) is 10.8 Å². The van der Waals surface area contributed by atoms with Gasteiger partial charge in [0.05, 0.1) is 0 Å². The summed E-state index contributed by atoms with van der Waals surface area (Å²) in [5.74, 6) is -12.0. The first kappa shape index (κ1) is 31.1. The quantitative estimate of drug-likeness (QED) is 0.137. The van der Waals surface area contributed by atoms with Crippen molar-refractivity contribution in [2.24, 2.45) is 11.8 Å². The summed E-state index contributed by atoms with van der Waals surface area (Å²) in [5, 5.41) is 37.2. The summed E-state index contributed by atoms with van der Waals surface area (Å²) in [7, 11) is 0. The van der Waals surface area contributed by atoms with Crippen LogP contribution in [0.1, 0.15) is 61.8 Å². The van der Waals surface area contributed by atoms with Gasteiger partial charge in [-0.05, 0) is 72.6 Å². The van der Waals surface area contributed by atoms with Gasteiger partial charge in [-0.3, -0.25) is 0 Å². The molecule has 6 rings (SSSR count). The molecule has 4 N–H and O–H groups in total. The Labute approximate surface area is 249 Å². The van der Waals surface area contributed by atoms with Crippen molar-refractivity contribution in [2.75, 3.05) is 0 Å². The molecule has 2 atom stereocenters. The Hall–Kier alpha value is -4.34. The van der Waals surface area contributed by atoms with E-state index < -0.39 is 62.9 Å².